The highest BCUT2D eigenvalue weighted by Gasteiger charge is 2.32. The van der Waals surface area contributed by atoms with E-state index in [1.807, 2.05) is 6.92 Å². The van der Waals surface area contributed by atoms with Gasteiger partial charge in [-0.1, -0.05) is 18.2 Å². The van der Waals surface area contributed by atoms with Gasteiger partial charge in [0.05, 0.1) is 0 Å². The number of piperidine rings is 1. The fraction of sp³-hybridized carbons (Fsp3) is 0.600. The summed E-state index contributed by atoms with van der Waals surface area (Å²) in [6.45, 7) is 4.13. The zero-order valence-corrected chi connectivity index (χ0v) is 12.1. The van der Waals surface area contributed by atoms with Crippen molar-refractivity contribution in [1.29, 1.82) is 0 Å². The largest absolute Gasteiger partial charge is 0.573 e. The van der Waals surface area contributed by atoms with E-state index in [4.69, 9.17) is 5.73 Å². The maximum absolute atomic E-state index is 12.4. The van der Waals surface area contributed by atoms with E-state index in [0.717, 1.165) is 25.9 Å². The second kappa shape index (κ2) is 6.66. The van der Waals surface area contributed by atoms with Gasteiger partial charge in [0.25, 0.3) is 0 Å². The van der Waals surface area contributed by atoms with E-state index in [9.17, 15) is 13.2 Å². The van der Waals surface area contributed by atoms with Gasteiger partial charge in [-0.05, 0) is 38.3 Å². The van der Waals surface area contributed by atoms with Crippen LogP contribution in [0.4, 0.5) is 13.2 Å². The van der Waals surface area contributed by atoms with Crippen LogP contribution in [0.2, 0.25) is 0 Å². The van der Waals surface area contributed by atoms with Gasteiger partial charge < -0.3 is 10.5 Å². The van der Waals surface area contributed by atoms with Gasteiger partial charge in [0.1, 0.15) is 5.75 Å². The Hall–Kier alpha value is -1.27. The molecular formula is C15H21F3N2O. The third-order valence-corrected chi connectivity index (χ3v) is 3.88. The van der Waals surface area contributed by atoms with Crippen molar-refractivity contribution in [1.82, 2.24) is 4.90 Å². The number of halogens is 3. The molecule has 0 bridgehead atoms. The highest BCUT2D eigenvalue weighted by atomic mass is 19.4. The lowest BCUT2D eigenvalue weighted by molar-refractivity contribution is -0.275. The first kappa shape index (κ1) is 16.1. The Bertz CT molecular complexity index is 462. The van der Waals surface area contributed by atoms with E-state index in [1.165, 1.54) is 6.07 Å². The van der Waals surface area contributed by atoms with Crippen LogP contribution in [0.3, 0.4) is 0 Å². The molecule has 0 saturated carbocycles. The zero-order valence-electron chi connectivity index (χ0n) is 12.1. The molecule has 1 fully saturated rings. The summed E-state index contributed by atoms with van der Waals surface area (Å²) >= 11 is 0. The topological polar surface area (TPSA) is 38.5 Å². The predicted molar refractivity (Wildman–Crippen MR) is 74.8 cm³/mol. The third-order valence-electron chi connectivity index (χ3n) is 3.88. The van der Waals surface area contributed by atoms with Crippen LogP contribution in [-0.2, 0) is 6.54 Å². The average Bonchev–Trinajstić information content (AvgIpc) is 2.40. The molecule has 3 nitrogen and oxygen atoms in total. The van der Waals surface area contributed by atoms with E-state index < -0.39 is 6.36 Å². The van der Waals surface area contributed by atoms with E-state index in [0.29, 0.717) is 18.0 Å². The second-order valence-corrected chi connectivity index (χ2v) is 5.65. The minimum atomic E-state index is -4.66. The minimum Gasteiger partial charge on any atom is -0.405 e. The molecule has 1 saturated heterocycles. The van der Waals surface area contributed by atoms with Crippen LogP contribution in [0.1, 0.15) is 25.3 Å². The predicted octanol–water partition coefficient (Wildman–Crippen LogP) is 3.14. The number of rotatable bonds is 4. The standard InChI is InChI=1S/C15H21F3N2O/c1-11(19)12-6-4-8-20(9-12)10-13-5-2-3-7-14(13)21-15(16,17)18/h2-3,5,7,11-12H,4,6,8-10,19H2,1H3. The summed E-state index contributed by atoms with van der Waals surface area (Å²) in [5.41, 5.74) is 6.49. The average molecular weight is 302 g/mol. The zero-order chi connectivity index (χ0) is 15.5. The molecule has 1 aromatic rings. The number of nitrogens with two attached hydrogens (primary N) is 1. The lowest BCUT2D eigenvalue weighted by Crippen LogP contribution is -2.42. The van der Waals surface area contributed by atoms with Gasteiger partial charge in [-0.2, -0.15) is 0 Å². The van der Waals surface area contributed by atoms with Crippen molar-refractivity contribution in [2.45, 2.75) is 38.7 Å². The van der Waals surface area contributed by atoms with E-state index in [2.05, 4.69) is 9.64 Å². The molecule has 2 unspecified atom stereocenters. The van der Waals surface area contributed by atoms with Crippen molar-refractivity contribution in [2.24, 2.45) is 11.7 Å². The first-order chi connectivity index (χ1) is 9.85. The molecule has 21 heavy (non-hydrogen) atoms. The molecule has 2 N–H and O–H groups in total. The van der Waals surface area contributed by atoms with Gasteiger partial charge in [-0.15, -0.1) is 13.2 Å². The van der Waals surface area contributed by atoms with Crippen LogP contribution in [0.5, 0.6) is 5.75 Å². The maximum atomic E-state index is 12.4. The summed E-state index contributed by atoms with van der Waals surface area (Å²) in [5.74, 6) is 0.280. The fourth-order valence-corrected chi connectivity index (χ4v) is 2.76. The van der Waals surface area contributed by atoms with Gasteiger partial charge in [0.15, 0.2) is 0 Å². The van der Waals surface area contributed by atoms with Crippen molar-refractivity contribution >= 4 is 0 Å². The second-order valence-electron chi connectivity index (χ2n) is 5.65. The van der Waals surface area contributed by atoms with Crippen molar-refractivity contribution in [3.05, 3.63) is 29.8 Å². The Kier molecular flexibility index (Phi) is 5.11. The van der Waals surface area contributed by atoms with E-state index in [1.54, 1.807) is 18.2 Å². The summed E-state index contributed by atoms with van der Waals surface area (Å²) < 4.78 is 41.3. The molecule has 0 spiro atoms. The van der Waals surface area contributed by atoms with Crippen LogP contribution >= 0.6 is 0 Å². The van der Waals surface area contributed by atoms with Gasteiger partial charge in [-0.25, -0.2) is 0 Å². The molecule has 0 aromatic heterocycles. The van der Waals surface area contributed by atoms with Crippen LogP contribution in [0, 0.1) is 5.92 Å². The normalized spacial score (nSPS) is 22.0. The Balaban J connectivity index is 2.05. The van der Waals surface area contributed by atoms with Gasteiger partial charge in [-0.3, -0.25) is 4.90 Å². The lowest BCUT2D eigenvalue weighted by atomic mass is 9.92. The molecule has 0 amide bonds. The molecule has 2 rings (SSSR count). The van der Waals surface area contributed by atoms with E-state index >= 15 is 0 Å². The Morgan fingerprint density at radius 1 is 1.38 bits per heavy atom. The first-order valence-corrected chi connectivity index (χ1v) is 7.17. The van der Waals surface area contributed by atoms with Crippen LogP contribution < -0.4 is 10.5 Å². The minimum absolute atomic E-state index is 0.106. The molecule has 1 aromatic carbocycles. The summed E-state index contributed by atoms with van der Waals surface area (Å²) in [5, 5.41) is 0. The number of hydrogen-bond donors (Lipinski definition) is 1. The molecule has 118 valence electrons. The smallest absolute Gasteiger partial charge is 0.405 e. The van der Waals surface area contributed by atoms with Crippen molar-refractivity contribution < 1.29 is 17.9 Å². The molecule has 1 aliphatic heterocycles. The number of hydrogen-bond acceptors (Lipinski definition) is 3. The number of alkyl halides is 3. The van der Waals surface area contributed by atoms with Crippen LogP contribution in [-0.4, -0.2) is 30.4 Å². The van der Waals surface area contributed by atoms with E-state index in [-0.39, 0.29) is 11.8 Å². The Morgan fingerprint density at radius 3 is 2.76 bits per heavy atom. The monoisotopic (exact) mass is 302 g/mol. The summed E-state index contributed by atoms with van der Waals surface area (Å²) in [6.07, 6.45) is -2.56. The molecule has 6 heteroatoms. The molecule has 1 aliphatic rings. The SMILES string of the molecule is CC(N)C1CCCN(Cc2ccccc2OC(F)(F)F)C1. The summed E-state index contributed by atoms with van der Waals surface area (Å²) in [4.78, 5) is 2.15. The number of para-hydroxylation sites is 1. The van der Waals surface area contributed by atoms with Gasteiger partial charge >= 0.3 is 6.36 Å². The molecule has 1 heterocycles. The lowest BCUT2D eigenvalue weighted by Gasteiger charge is -2.34. The Labute approximate surface area is 122 Å². The van der Waals surface area contributed by atoms with Crippen molar-refractivity contribution in [3.63, 3.8) is 0 Å². The summed E-state index contributed by atoms with van der Waals surface area (Å²) in [7, 11) is 0. The van der Waals surface area contributed by atoms with Gasteiger partial charge in [0, 0.05) is 24.7 Å². The number of benzene rings is 1. The highest BCUT2D eigenvalue weighted by Crippen LogP contribution is 2.28. The van der Waals surface area contributed by atoms with Crippen LogP contribution in [0.15, 0.2) is 24.3 Å². The third kappa shape index (κ3) is 4.89. The fourth-order valence-electron chi connectivity index (χ4n) is 2.76. The van der Waals surface area contributed by atoms with Crippen molar-refractivity contribution in [2.75, 3.05) is 13.1 Å². The maximum Gasteiger partial charge on any atom is 0.573 e. The molecule has 0 radical (unpaired) electrons. The molecule has 2 atom stereocenters. The number of nitrogens with zero attached hydrogens (tertiary/aromatic N) is 1. The quantitative estimate of drug-likeness (QED) is 0.928. The summed E-state index contributed by atoms with van der Waals surface area (Å²) in [6, 6.07) is 6.41. The first-order valence-electron chi connectivity index (χ1n) is 7.17. The van der Waals surface area contributed by atoms with Gasteiger partial charge in [0.2, 0.25) is 0 Å². The van der Waals surface area contributed by atoms with Crippen molar-refractivity contribution in [3.8, 4) is 5.75 Å². The van der Waals surface area contributed by atoms with Crippen LogP contribution in [0.25, 0.3) is 0 Å². The number of ether oxygens (including phenoxy) is 1. The molecule has 0 aliphatic carbocycles. The molecular weight excluding hydrogens is 281 g/mol. The number of likely N-dealkylation sites (tertiary alicyclic amines) is 1. The highest BCUT2D eigenvalue weighted by molar-refractivity contribution is 5.33. The Morgan fingerprint density at radius 2 is 2.10 bits per heavy atom.